The lowest BCUT2D eigenvalue weighted by molar-refractivity contribution is -0.908. The van der Waals surface area contributed by atoms with E-state index in [0.717, 1.165) is 24.1 Å². The van der Waals surface area contributed by atoms with Gasteiger partial charge in [0, 0.05) is 27.0 Å². The lowest BCUT2D eigenvalue weighted by Gasteiger charge is -2.32. The molecule has 6 heteroatoms. The molecule has 118 valence electrons. The number of methoxy groups -OCH3 is 1. The molecule has 20 heavy (non-hydrogen) atoms. The first kappa shape index (κ1) is 18.9. The fourth-order valence-corrected chi connectivity index (χ4v) is 1.69. The van der Waals surface area contributed by atoms with Crippen LogP contribution in [0.1, 0.15) is 26.7 Å². The molecule has 0 aliphatic rings. The summed E-state index contributed by atoms with van der Waals surface area (Å²) in [6.45, 7) is 7.89. The second-order valence-corrected chi connectivity index (χ2v) is 5.18. The summed E-state index contributed by atoms with van der Waals surface area (Å²) in [6.07, 6.45) is 0.955. The second-order valence-electron chi connectivity index (χ2n) is 5.18. The molecule has 0 aliphatic heterocycles. The van der Waals surface area contributed by atoms with Gasteiger partial charge in [0.1, 0.15) is 19.7 Å². The zero-order valence-corrected chi connectivity index (χ0v) is 13.2. The molecule has 1 N–H and O–H groups in total. The third kappa shape index (κ3) is 9.75. The molecule has 0 fully saturated rings. The van der Waals surface area contributed by atoms with Gasteiger partial charge in [-0.25, -0.2) is 0 Å². The number of carbonyl (C=O) groups excluding carboxylic acids is 2. The van der Waals surface area contributed by atoms with Crippen LogP contribution in [0.3, 0.4) is 0 Å². The molecule has 0 spiro atoms. The van der Waals surface area contributed by atoms with Gasteiger partial charge in [-0.05, 0) is 13.3 Å². The number of likely N-dealkylation sites (N-methyl/N-ethyl adjacent to an activating group) is 1. The average Bonchev–Trinajstić information content (AvgIpc) is 2.41. The fourth-order valence-electron chi connectivity index (χ4n) is 1.69. The number of quaternary nitrogens is 1. The van der Waals surface area contributed by atoms with Crippen LogP contribution < -0.4 is 5.32 Å². The summed E-state index contributed by atoms with van der Waals surface area (Å²) in [5, 5.41) is 2.65. The minimum atomic E-state index is -0.204. The maximum absolute atomic E-state index is 11.5. The Bertz CT molecular complexity index is 297. The Morgan fingerprint density at radius 3 is 2.40 bits per heavy atom. The van der Waals surface area contributed by atoms with E-state index >= 15 is 0 Å². The summed E-state index contributed by atoms with van der Waals surface area (Å²) in [5.74, 6) is -0.280. The van der Waals surface area contributed by atoms with Gasteiger partial charge in [0.05, 0.1) is 20.2 Å². The van der Waals surface area contributed by atoms with Crippen LogP contribution in [-0.4, -0.2) is 69.9 Å². The third-order valence-electron chi connectivity index (χ3n) is 3.42. The van der Waals surface area contributed by atoms with Crippen molar-refractivity contribution in [3.05, 3.63) is 0 Å². The SMILES string of the molecule is CC[N+](C)(CCOC)CCOC(=O)CCCNC(C)=O. The van der Waals surface area contributed by atoms with Gasteiger partial charge in [-0.2, -0.15) is 0 Å². The molecule has 0 bridgehead atoms. The summed E-state index contributed by atoms with van der Waals surface area (Å²) in [7, 11) is 3.82. The quantitative estimate of drug-likeness (QED) is 0.343. The van der Waals surface area contributed by atoms with E-state index in [1.165, 1.54) is 6.92 Å². The molecule has 6 nitrogen and oxygen atoms in total. The molecule has 0 aliphatic carbocycles. The molecule has 0 rings (SSSR count). The molecular weight excluding hydrogens is 260 g/mol. The Morgan fingerprint density at radius 2 is 1.85 bits per heavy atom. The van der Waals surface area contributed by atoms with Crippen LogP contribution >= 0.6 is 0 Å². The van der Waals surface area contributed by atoms with Gasteiger partial charge in [-0.3, -0.25) is 9.59 Å². The first-order valence-corrected chi connectivity index (χ1v) is 7.16. The van der Waals surface area contributed by atoms with Crippen molar-refractivity contribution in [1.29, 1.82) is 0 Å². The first-order valence-electron chi connectivity index (χ1n) is 7.16. The molecule has 0 aromatic rings. The van der Waals surface area contributed by atoms with Gasteiger partial charge in [0.15, 0.2) is 0 Å². The van der Waals surface area contributed by atoms with Gasteiger partial charge >= 0.3 is 5.97 Å². The van der Waals surface area contributed by atoms with Crippen LogP contribution in [0.25, 0.3) is 0 Å². The van der Waals surface area contributed by atoms with E-state index in [0.29, 0.717) is 32.6 Å². The highest BCUT2D eigenvalue weighted by Crippen LogP contribution is 2.02. The Morgan fingerprint density at radius 1 is 1.20 bits per heavy atom. The van der Waals surface area contributed by atoms with E-state index in [1.54, 1.807) is 7.11 Å². The Kier molecular flexibility index (Phi) is 10.0. The highest BCUT2D eigenvalue weighted by atomic mass is 16.5. The molecule has 0 saturated heterocycles. The minimum absolute atomic E-state index is 0.0764. The molecule has 0 saturated carbocycles. The third-order valence-corrected chi connectivity index (χ3v) is 3.42. The van der Waals surface area contributed by atoms with Crippen LogP contribution in [0, 0.1) is 0 Å². The monoisotopic (exact) mass is 289 g/mol. The van der Waals surface area contributed by atoms with Gasteiger partial charge in [-0.1, -0.05) is 0 Å². The second kappa shape index (κ2) is 10.6. The molecule has 1 atom stereocenters. The Hall–Kier alpha value is -1.14. The Balaban J connectivity index is 3.75. The number of hydrogen-bond acceptors (Lipinski definition) is 4. The number of esters is 1. The molecule has 0 aromatic carbocycles. The molecule has 1 unspecified atom stereocenters. The Labute approximate surface area is 122 Å². The lowest BCUT2D eigenvalue weighted by Crippen LogP contribution is -2.48. The predicted molar refractivity (Wildman–Crippen MR) is 77.2 cm³/mol. The molecule has 0 radical (unpaired) electrons. The summed E-state index contributed by atoms with van der Waals surface area (Å²) in [6, 6.07) is 0. The molecule has 0 aromatic heterocycles. The maximum Gasteiger partial charge on any atom is 0.306 e. The van der Waals surface area contributed by atoms with Crippen LogP contribution in [0.2, 0.25) is 0 Å². The zero-order valence-electron chi connectivity index (χ0n) is 13.2. The van der Waals surface area contributed by atoms with Crippen LogP contribution in [-0.2, 0) is 19.1 Å². The van der Waals surface area contributed by atoms with Crippen LogP contribution in [0.15, 0.2) is 0 Å². The number of amides is 1. The summed E-state index contributed by atoms with van der Waals surface area (Å²) < 4.78 is 11.1. The number of carbonyl (C=O) groups is 2. The van der Waals surface area contributed by atoms with Crippen molar-refractivity contribution in [1.82, 2.24) is 5.32 Å². The smallest absolute Gasteiger partial charge is 0.306 e. The van der Waals surface area contributed by atoms with Gasteiger partial charge in [0.2, 0.25) is 5.91 Å². The number of nitrogens with one attached hydrogen (secondary N) is 1. The van der Waals surface area contributed by atoms with Crippen molar-refractivity contribution in [2.45, 2.75) is 26.7 Å². The van der Waals surface area contributed by atoms with E-state index in [2.05, 4.69) is 19.3 Å². The van der Waals surface area contributed by atoms with Crippen LogP contribution in [0.4, 0.5) is 0 Å². The van der Waals surface area contributed by atoms with Crippen molar-refractivity contribution < 1.29 is 23.5 Å². The standard InChI is InChI=1S/C14H28N2O4/c1-5-16(3,9-11-19-4)10-12-20-14(18)7-6-8-15-13(2)17/h5-12H2,1-4H3/p+1. The average molecular weight is 289 g/mol. The van der Waals surface area contributed by atoms with Crippen molar-refractivity contribution in [3.63, 3.8) is 0 Å². The predicted octanol–water partition coefficient (Wildman–Crippen LogP) is 0.559. The maximum atomic E-state index is 11.5. The van der Waals surface area contributed by atoms with E-state index < -0.39 is 0 Å². The normalized spacial score (nSPS) is 13.6. The largest absolute Gasteiger partial charge is 0.460 e. The summed E-state index contributed by atoms with van der Waals surface area (Å²) in [5.41, 5.74) is 0. The fraction of sp³-hybridized carbons (Fsp3) is 0.857. The number of ether oxygens (including phenoxy) is 2. The van der Waals surface area contributed by atoms with Crippen molar-refractivity contribution >= 4 is 11.9 Å². The number of hydrogen-bond donors (Lipinski definition) is 1. The molecule has 1 amide bonds. The number of nitrogens with zero attached hydrogens (tertiary/aromatic N) is 1. The highest BCUT2D eigenvalue weighted by molar-refractivity contribution is 5.73. The van der Waals surface area contributed by atoms with E-state index in [1.807, 2.05) is 0 Å². The minimum Gasteiger partial charge on any atom is -0.460 e. The topological polar surface area (TPSA) is 64.6 Å². The lowest BCUT2D eigenvalue weighted by atomic mass is 10.3. The van der Waals surface area contributed by atoms with Crippen molar-refractivity contribution in [3.8, 4) is 0 Å². The van der Waals surface area contributed by atoms with Crippen LogP contribution in [0.5, 0.6) is 0 Å². The van der Waals surface area contributed by atoms with Gasteiger partial charge in [0.25, 0.3) is 0 Å². The van der Waals surface area contributed by atoms with Gasteiger partial charge in [-0.15, -0.1) is 0 Å². The van der Waals surface area contributed by atoms with E-state index in [-0.39, 0.29) is 11.9 Å². The van der Waals surface area contributed by atoms with E-state index in [9.17, 15) is 9.59 Å². The first-order chi connectivity index (χ1) is 9.43. The van der Waals surface area contributed by atoms with Crippen molar-refractivity contribution in [2.75, 3.05) is 53.6 Å². The zero-order chi connectivity index (χ0) is 15.4. The summed E-state index contributed by atoms with van der Waals surface area (Å²) >= 11 is 0. The van der Waals surface area contributed by atoms with Gasteiger partial charge < -0.3 is 19.3 Å². The number of rotatable bonds is 11. The molecular formula is C14H29N2O4+. The summed E-state index contributed by atoms with van der Waals surface area (Å²) in [4.78, 5) is 22.2. The highest BCUT2D eigenvalue weighted by Gasteiger charge is 2.19. The van der Waals surface area contributed by atoms with E-state index in [4.69, 9.17) is 9.47 Å². The van der Waals surface area contributed by atoms with Crippen molar-refractivity contribution in [2.24, 2.45) is 0 Å². The molecule has 0 heterocycles.